The fourth-order valence-corrected chi connectivity index (χ4v) is 0.942. The molecule has 0 aliphatic rings. The van der Waals surface area contributed by atoms with Crippen molar-refractivity contribution in [3.05, 3.63) is 18.1 Å². The molecule has 0 radical (unpaired) electrons. The highest BCUT2D eigenvalue weighted by Crippen LogP contribution is 2.15. The summed E-state index contributed by atoms with van der Waals surface area (Å²) in [7, 11) is 0. The summed E-state index contributed by atoms with van der Waals surface area (Å²) in [6.07, 6.45) is 1.64. The van der Waals surface area contributed by atoms with Crippen molar-refractivity contribution in [2.45, 2.75) is 20.8 Å². The van der Waals surface area contributed by atoms with Crippen LogP contribution in [-0.2, 0) is 4.79 Å². The Kier molecular flexibility index (Phi) is 3.24. The van der Waals surface area contributed by atoms with Crippen LogP contribution >= 0.6 is 0 Å². The van der Waals surface area contributed by atoms with E-state index in [1.165, 1.54) is 0 Å². The molecule has 0 fully saturated rings. The first kappa shape index (κ1) is 11.4. The number of aryl methyl sites for hydroxylation is 1. The molecular weight excluding hydrogens is 194 g/mol. The molecule has 5 heteroatoms. The normalized spacial score (nSPS) is 11.1. The highest BCUT2D eigenvalue weighted by molar-refractivity contribution is 5.74. The Hall–Kier alpha value is -1.65. The van der Waals surface area contributed by atoms with E-state index in [2.05, 4.69) is 15.3 Å². The summed E-state index contributed by atoms with van der Waals surface area (Å²) in [6, 6.07) is 1.71. The number of carbonyl (C=O) groups is 1. The highest BCUT2D eigenvalue weighted by atomic mass is 16.4. The number of nitrogens with zero attached hydrogens (tertiary/aromatic N) is 2. The van der Waals surface area contributed by atoms with Gasteiger partial charge >= 0.3 is 5.97 Å². The van der Waals surface area contributed by atoms with E-state index in [0.29, 0.717) is 18.2 Å². The van der Waals surface area contributed by atoms with Crippen molar-refractivity contribution in [3.8, 4) is 0 Å². The Bertz CT molecular complexity index is 363. The van der Waals surface area contributed by atoms with E-state index < -0.39 is 11.4 Å². The minimum absolute atomic E-state index is 0.332. The van der Waals surface area contributed by atoms with Crippen LogP contribution in [0.4, 0.5) is 5.82 Å². The van der Waals surface area contributed by atoms with Gasteiger partial charge in [0.05, 0.1) is 5.41 Å². The van der Waals surface area contributed by atoms with Crippen molar-refractivity contribution in [1.82, 2.24) is 9.97 Å². The SMILES string of the molecule is Cc1nccc(NCC(C)(C)C(=O)O)n1. The van der Waals surface area contributed by atoms with Crippen LogP contribution in [-0.4, -0.2) is 27.6 Å². The fraction of sp³-hybridized carbons (Fsp3) is 0.500. The van der Waals surface area contributed by atoms with Crippen LogP contribution in [0.5, 0.6) is 0 Å². The Balaban J connectivity index is 2.61. The lowest BCUT2D eigenvalue weighted by Crippen LogP contribution is -2.32. The third-order valence-electron chi connectivity index (χ3n) is 2.07. The van der Waals surface area contributed by atoms with Crippen molar-refractivity contribution in [2.75, 3.05) is 11.9 Å². The number of nitrogens with one attached hydrogen (secondary N) is 1. The first-order valence-corrected chi connectivity index (χ1v) is 4.69. The maximum absolute atomic E-state index is 10.8. The van der Waals surface area contributed by atoms with Gasteiger partial charge in [-0.05, 0) is 26.8 Å². The van der Waals surface area contributed by atoms with Crippen LogP contribution in [0, 0.1) is 12.3 Å². The van der Waals surface area contributed by atoms with Crippen LogP contribution in [0.3, 0.4) is 0 Å². The first-order chi connectivity index (χ1) is 6.92. The van der Waals surface area contributed by atoms with Gasteiger partial charge in [0, 0.05) is 12.7 Å². The lowest BCUT2D eigenvalue weighted by Gasteiger charge is -2.19. The monoisotopic (exact) mass is 209 g/mol. The summed E-state index contributed by atoms with van der Waals surface area (Å²) in [5, 5.41) is 11.9. The molecule has 0 aliphatic heterocycles. The molecule has 0 atom stereocenters. The molecule has 0 saturated heterocycles. The predicted molar refractivity (Wildman–Crippen MR) is 56.7 cm³/mol. The Labute approximate surface area is 88.6 Å². The van der Waals surface area contributed by atoms with Gasteiger partial charge in [-0.25, -0.2) is 9.97 Å². The topological polar surface area (TPSA) is 75.1 Å². The molecule has 1 aromatic rings. The maximum atomic E-state index is 10.8. The summed E-state index contributed by atoms with van der Waals surface area (Å²) in [6.45, 7) is 5.44. The zero-order chi connectivity index (χ0) is 11.5. The molecule has 0 bridgehead atoms. The van der Waals surface area contributed by atoms with E-state index in [4.69, 9.17) is 5.11 Å². The zero-order valence-electron chi connectivity index (χ0n) is 9.11. The average Bonchev–Trinajstić information content (AvgIpc) is 2.15. The van der Waals surface area contributed by atoms with Crippen molar-refractivity contribution in [1.29, 1.82) is 0 Å². The number of carboxylic acid groups (broad SMARTS) is 1. The van der Waals surface area contributed by atoms with Crippen molar-refractivity contribution >= 4 is 11.8 Å². The maximum Gasteiger partial charge on any atom is 0.310 e. The van der Waals surface area contributed by atoms with Crippen LogP contribution in [0.2, 0.25) is 0 Å². The third kappa shape index (κ3) is 3.19. The predicted octanol–water partition coefficient (Wildman–Crippen LogP) is 1.31. The number of hydrogen-bond donors (Lipinski definition) is 2. The van der Waals surface area contributed by atoms with Gasteiger partial charge in [-0.2, -0.15) is 0 Å². The molecule has 1 rings (SSSR count). The number of hydrogen-bond acceptors (Lipinski definition) is 4. The quantitative estimate of drug-likeness (QED) is 0.782. The minimum Gasteiger partial charge on any atom is -0.481 e. The summed E-state index contributed by atoms with van der Waals surface area (Å²) in [5.41, 5.74) is -0.807. The summed E-state index contributed by atoms with van der Waals surface area (Å²) in [4.78, 5) is 18.9. The lowest BCUT2D eigenvalue weighted by molar-refractivity contribution is -0.146. The van der Waals surface area contributed by atoms with Crippen LogP contribution in [0.1, 0.15) is 19.7 Å². The molecular formula is C10H15N3O2. The molecule has 0 unspecified atom stereocenters. The second kappa shape index (κ2) is 4.25. The molecule has 5 nitrogen and oxygen atoms in total. The number of anilines is 1. The number of carboxylic acids is 1. The van der Waals surface area contributed by atoms with Crippen LogP contribution < -0.4 is 5.32 Å². The molecule has 0 saturated carbocycles. The van der Waals surface area contributed by atoms with E-state index in [1.807, 2.05) is 0 Å². The molecule has 1 aromatic heterocycles. The molecule has 2 N–H and O–H groups in total. The van der Waals surface area contributed by atoms with Crippen molar-refractivity contribution in [3.63, 3.8) is 0 Å². The van der Waals surface area contributed by atoms with Crippen molar-refractivity contribution in [2.24, 2.45) is 5.41 Å². The average molecular weight is 209 g/mol. The Morgan fingerprint density at radius 2 is 2.27 bits per heavy atom. The van der Waals surface area contributed by atoms with E-state index in [-0.39, 0.29) is 0 Å². The van der Waals surface area contributed by atoms with Gasteiger partial charge in [-0.1, -0.05) is 0 Å². The second-order valence-electron chi connectivity index (χ2n) is 4.03. The second-order valence-corrected chi connectivity index (χ2v) is 4.03. The molecule has 15 heavy (non-hydrogen) atoms. The van der Waals surface area contributed by atoms with E-state index in [1.54, 1.807) is 33.0 Å². The van der Waals surface area contributed by atoms with Gasteiger partial charge in [0.25, 0.3) is 0 Å². The number of aliphatic carboxylic acids is 1. The number of aromatic nitrogens is 2. The van der Waals surface area contributed by atoms with Gasteiger partial charge in [0.1, 0.15) is 11.6 Å². The lowest BCUT2D eigenvalue weighted by atomic mass is 9.94. The van der Waals surface area contributed by atoms with E-state index in [0.717, 1.165) is 0 Å². The van der Waals surface area contributed by atoms with Gasteiger partial charge in [0.15, 0.2) is 0 Å². The molecule has 82 valence electrons. The Morgan fingerprint density at radius 3 is 2.80 bits per heavy atom. The van der Waals surface area contributed by atoms with Gasteiger partial charge in [-0.15, -0.1) is 0 Å². The molecule has 0 amide bonds. The largest absolute Gasteiger partial charge is 0.481 e. The highest BCUT2D eigenvalue weighted by Gasteiger charge is 2.26. The molecule has 0 spiro atoms. The summed E-state index contributed by atoms with van der Waals surface area (Å²) >= 11 is 0. The fourth-order valence-electron chi connectivity index (χ4n) is 0.942. The van der Waals surface area contributed by atoms with E-state index >= 15 is 0 Å². The van der Waals surface area contributed by atoms with Gasteiger partial charge < -0.3 is 10.4 Å². The zero-order valence-corrected chi connectivity index (χ0v) is 9.11. The summed E-state index contributed by atoms with van der Waals surface area (Å²) < 4.78 is 0. The standard InChI is InChI=1S/C10H15N3O2/c1-7-11-5-4-8(13-7)12-6-10(2,3)9(14)15/h4-5H,6H2,1-3H3,(H,14,15)(H,11,12,13). The smallest absolute Gasteiger partial charge is 0.310 e. The van der Waals surface area contributed by atoms with Gasteiger partial charge in [0.2, 0.25) is 0 Å². The van der Waals surface area contributed by atoms with E-state index in [9.17, 15) is 4.79 Å². The first-order valence-electron chi connectivity index (χ1n) is 4.69. The van der Waals surface area contributed by atoms with Crippen LogP contribution in [0.15, 0.2) is 12.3 Å². The molecule has 0 aliphatic carbocycles. The third-order valence-corrected chi connectivity index (χ3v) is 2.07. The molecule has 1 heterocycles. The molecule has 0 aromatic carbocycles. The van der Waals surface area contributed by atoms with Gasteiger partial charge in [-0.3, -0.25) is 4.79 Å². The summed E-state index contributed by atoms with van der Waals surface area (Å²) in [5.74, 6) is 0.478. The van der Waals surface area contributed by atoms with Crippen LogP contribution in [0.25, 0.3) is 0 Å². The minimum atomic E-state index is -0.833. The van der Waals surface area contributed by atoms with Crippen molar-refractivity contribution < 1.29 is 9.90 Å². The number of rotatable bonds is 4. The Morgan fingerprint density at radius 1 is 1.60 bits per heavy atom.